The van der Waals surface area contributed by atoms with E-state index in [2.05, 4.69) is 29.0 Å². The summed E-state index contributed by atoms with van der Waals surface area (Å²) in [5.41, 5.74) is 3.30. The Balaban J connectivity index is 2.13. The van der Waals surface area contributed by atoms with Gasteiger partial charge in [0.2, 0.25) is 0 Å². The maximum Gasteiger partial charge on any atom is 0.163 e. The Morgan fingerprint density at radius 2 is 1.95 bits per heavy atom. The van der Waals surface area contributed by atoms with Gasteiger partial charge in [-0.25, -0.2) is 9.97 Å². The first-order valence-electron chi connectivity index (χ1n) is 6.56. The van der Waals surface area contributed by atoms with Gasteiger partial charge in [-0.3, -0.25) is 0 Å². The van der Waals surface area contributed by atoms with Crippen molar-refractivity contribution in [3.8, 4) is 17.3 Å². The van der Waals surface area contributed by atoms with Crippen molar-refractivity contribution in [2.45, 2.75) is 19.3 Å². The van der Waals surface area contributed by atoms with Crippen LogP contribution < -0.4 is 0 Å². The molecule has 20 heavy (non-hydrogen) atoms. The molecule has 0 saturated carbocycles. The minimum atomic E-state index is -0.677. The van der Waals surface area contributed by atoms with Crippen molar-refractivity contribution in [1.29, 1.82) is 5.26 Å². The second kappa shape index (κ2) is 4.69. The van der Waals surface area contributed by atoms with Gasteiger partial charge in [0, 0.05) is 11.3 Å². The molecule has 0 N–H and O–H groups in total. The summed E-state index contributed by atoms with van der Waals surface area (Å²) >= 11 is 0. The van der Waals surface area contributed by atoms with E-state index in [4.69, 9.17) is 4.74 Å². The summed E-state index contributed by atoms with van der Waals surface area (Å²) in [6.45, 7) is 4.73. The van der Waals surface area contributed by atoms with Gasteiger partial charge in [-0.2, -0.15) is 5.26 Å². The predicted molar refractivity (Wildman–Crippen MR) is 75.1 cm³/mol. The zero-order valence-corrected chi connectivity index (χ0v) is 11.6. The van der Waals surface area contributed by atoms with Crippen LogP contribution in [0.2, 0.25) is 0 Å². The molecule has 0 radical (unpaired) electrons. The van der Waals surface area contributed by atoms with E-state index in [0.717, 1.165) is 22.5 Å². The van der Waals surface area contributed by atoms with Crippen molar-refractivity contribution in [3.05, 3.63) is 47.4 Å². The molecule has 0 bridgehead atoms. The summed E-state index contributed by atoms with van der Waals surface area (Å²) in [6.07, 6.45) is 0. The van der Waals surface area contributed by atoms with Crippen LogP contribution in [0.25, 0.3) is 11.3 Å². The fourth-order valence-electron chi connectivity index (χ4n) is 2.33. The molecule has 3 rings (SSSR count). The maximum atomic E-state index is 9.39. The van der Waals surface area contributed by atoms with Crippen LogP contribution in [-0.4, -0.2) is 23.2 Å². The lowest BCUT2D eigenvalue weighted by Gasteiger charge is -2.33. The van der Waals surface area contributed by atoms with Gasteiger partial charge in [0.05, 0.1) is 25.0 Å². The molecule has 1 aromatic heterocycles. The highest BCUT2D eigenvalue weighted by molar-refractivity contribution is 5.63. The summed E-state index contributed by atoms with van der Waals surface area (Å²) in [7, 11) is 0. The fourth-order valence-corrected chi connectivity index (χ4v) is 2.33. The van der Waals surface area contributed by atoms with E-state index in [9.17, 15) is 5.26 Å². The summed E-state index contributed by atoms with van der Waals surface area (Å²) in [5.74, 6) is 0.574. The first-order chi connectivity index (χ1) is 9.64. The van der Waals surface area contributed by atoms with Crippen LogP contribution in [0.15, 0.2) is 30.3 Å². The fraction of sp³-hybridized carbons (Fsp3) is 0.312. The van der Waals surface area contributed by atoms with E-state index in [1.807, 2.05) is 31.2 Å². The summed E-state index contributed by atoms with van der Waals surface area (Å²) in [5, 5.41) is 9.39. The van der Waals surface area contributed by atoms with Crippen molar-refractivity contribution < 1.29 is 4.74 Å². The summed E-state index contributed by atoms with van der Waals surface area (Å²) < 4.78 is 5.19. The van der Waals surface area contributed by atoms with E-state index in [1.165, 1.54) is 0 Å². The lowest BCUT2D eigenvalue weighted by atomic mass is 9.86. The van der Waals surface area contributed by atoms with Crippen LogP contribution in [0.3, 0.4) is 0 Å². The Bertz CT molecular complexity index is 699. The molecule has 1 fully saturated rings. The quantitative estimate of drug-likeness (QED) is 0.837. The Morgan fingerprint density at radius 1 is 1.20 bits per heavy atom. The van der Waals surface area contributed by atoms with Gasteiger partial charge in [0.15, 0.2) is 11.2 Å². The van der Waals surface area contributed by atoms with Crippen molar-refractivity contribution in [3.63, 3.8) is 0 Å². The first kappa shape index (κ1) is 12.8. The molecule has 1 saturated heterocycles. The van der Waals surface area contributed by atoms with Gasteiger partial charge < -0.3 is 4.74 Å². The number of rotatable bonds is 2. The number of nitrogens with zero attached hydrogens (tertiary/aromatic N) is 3. The van der Waals surface area contributed by atoms with Gasteiger partial charge in [-0.05, 0) is 25.5 Å². The van der Waals surface area contributed by atoms with Crippen LogP contribution in [0.5, 0.6) is 0 Å². The molecule has 4 nitrogen and oxygen atoms in total. The lowest BCUT2D eigenvalue weighted by molar-refractivity contribution is -0.0339. The zero-order chi connectivity index (χ0) is 14.2. The number of nitriles is 1. The average Bonchev–Trinajstić information content (AvgIpc) is 2.38. The number of aromatic nitrogens is 2. The molecule has 100 valence electrons. The zero-order valence-electron chi connectivity index (χ0n) is 11.6. The normalized spacial score (nSPS) is 16.2. The molecule has 1 aliphatic heterocycles. The van der Waals surface area contributed by atoms with Crippen LogP contribution >= 0.6 is 0 Å². The standard InChI is InChI=1S/C16H15N3O/c1-11-5-3-4-6-13(11)14-7-12(2)18-15(19-14)16(8-17)9-20-10-16/h3-7H,9-10H2,1-2H3. The molecule has 0 amide bonds. The molecule has 2 aromatic rings. The molecular weight excluding hydrogens is 250 g/mol. The summed E-state index contributed by atoms with van der Waals surface area (Å²) in [6, 6.07) is 12.3. The van der Waals surface area contributed by atoms with Crippen LogP contribution in [0.1, 0.15) is 17.1 Å². The third kappa shape index (κ3) is 1.97. The minimum absolute atomic E-state index is 0.375. The molecule has 0 unspecified atom stereocenters. The SMILES string of the molecule is Cc1cc(-c2ccccc2C)nc(C2(C#N)COC2)n1. The Hall–Kier alpha value is -2.25. The third-order valence-corrected chi connectivity index (χ3v) is 3.61. The molecule has 1 aromatic carbocycles. The molecular formula is C16H15N3O. The average molecular weight is 265 g/mol. The van der Waals surface area contributed by atoms with Gasteiger partial charge in [-0.1, -0.05) is 24.3 Å². The highest BCUT2D eigenvalue weighted by atomic mass is 16.5. The van der Waals surface area contributed by atoms with Crippen molar-refractivity contribution in [2.24, 2.45) is 0 Å². The smallest absolute Gasteiger partial charge is 0.163 e. The van der Waals surface area contributed by atoms with E-state index in [0.29, 0.717) is 19.0 Å². The largest absolute Gasteiger partial charge is 0.377 e. The highest BCUT2D eigenvalue weighted by Crippen LogP contribution is 2.31. The van der Waals surface area contributed by atoms with E-state index < -0.39 is 5.41 Å². The minimum Gasteiger partial charge on any atom is -0.377 e. The summed E-state index contributed by atoms with van der Waals surface area (Å²) in [4.78, 5) is 9.06. The predicted octanol–water partition coefficient (Wildman–Crippen LogP) is 2.55. The molecule has 2 heterocycles. The van der Waals surface area contributed by atoms with Crippen LogP contribution in [-0.2, 0) is 10.2 Å². The van der Waals surface area contributed by atoms with Gasteiger partial charge in [-0.15, -0.1) is 0 Å². The maximum absolute atomic E-state index is 9.39. The molecule has 0 spiro atoms. The van der Waals surface area contributed by atoms with Crippen molar-refractivity contribution >= 4 is 0 Å². The van der Waals surface area contributed by atoms with Crippen molar-refractivity contribution in [2.75, 3.05) is 13.2 Å². The number of hydrogen-bond acceptors (Lipinski definition) is 4. The molecule has 0 aliphatic carbocycles. The van der Waals surface area contributed by atoms with E-state index in [1.54, 1.807) is 0 Å². The Labute approximate surface area is 118 Å². The second-order valence-corrected chi connectivity index (χ2v) is 5.22. The number of ether oxygens (including phenoxy) is 1. The van der Waals surface area contributed by atoms with Crippen LogP contribution in [0, 0.1) is 25.2 Å². The van der Waals surface area contributed by atoms with E-state index in [-0.39, 0.29) is 0 Å². The Morgan fingerprint density at radius 3 is 2.55 bits per heavy atom. The van der Waals surface area contributed by atoms with E-state index >= 15 is 0 Å². The van der Waals surface area contributed by atoms with Crippen molar-refractivity contribution in [1.82, 2.24) is 9.97 Å². The van der Waals surface area contributed by atoms with Gasteiger partial charge in [0.1, 0.15) is 0 Å². The number of aryl methyl sites for hydroxylation is 2. The Kier molecular flexibility index (Phi) is 3.00. The molecule has 4 heteroatoms. The third-order valence-electron chi connectivity index (χ3n) is 3.61. The highest BCUT2D eigenvalue weighted by Gasteiger charge is 2.44. The second-order valence-electron chi connectivity index (χ2n) is 5.22. The monoisotopic (exact) mass is 265 g/mol. The van der Waals surface area contributed by atoms with Gasteiger partial charge in [0.25, 0.3) is 0 Å². The lowest BCUT2D eigenvalue weighted by Crippen LogP contribution is -2.47. The first-order valence-corrected chi connectivity index (χ1v) is 6.56. The topological polar surface area (TPSA) is 58.8 Å². The molecule has 1 aliphatic rings. The van der Waals surface area contributed by atoms with Gasteiger partial charge >= 0.3 is 0 Å². The molecule has 0 atom stereocenters. The van der Waals surface area contributed by atoms with Crippen LogP contribution in [0.4, 0.5) is 0 Å². The number of benzene rings is 1. The number of hydrogen-bond donors (Lipinski definition) is 0.